The molecule has 0 saturated carbocycles. The number of amides is 4. The molecule has 0 radical (unpaired) electrons. The molecular weight excluding hydrogens is 556 g/mol. The average molecular weight is 595 g/mol. The molecule has 0 heterocycles. The molecule has 4 atom stereocenters. The molecule has 0 aliphatic rings. The van der Waals surface area contributed by atoms with Crippen molar-refractivity contribution in [1.29, 1.82) is 0 Å². The van der Waals surface area contributed by atoms with Gasteiger partial charge in [-0.15, -0.1) is 0 Å². The number of nitrogens with zero attached hydrogens (tertiary/aromatic N) is 1. The van der Waals surface area contributed by atoms with E-state index in [2.05, 4.69) is 20.9 Å². The summed E-state index contributed by atoms with van der Waals surface area (Å²) in [7, 11) is 0. The second-order valence-electron chi connectivity index (χ2n) is 9.39. The summed E-state index contributed by atoms with van der Waals surface area (Å²) in [4.78, 5) is 76.6. The van der Waals surface area contributed by atoms with Crippen molar-refractivity contribution in [1.82, 2.24) is 16.0 Å². The number of guanidine groups is 1. The number of benzene rings is 1. The molecular formula is C25H38N8O9. The zero-order chi connectivity index (χ0) is 31.8. The van der Waals surface area contributed by atoms with E-state index >= 15 is 0 Å². The molecule has 0 bridgehead atoms. The van der Waals surface area contributed by atoms with Gasteiger partial charge in [-0.2, -0.15) is 0 Å². The highest BCUT2D eigenvalue weighted by Crippen LogP contribution is 2.12. The predicted octanol–water partition coefficient (Wildman–Crippen LogP) is -3.02. The van der Waals surface area contributed by atoms with Gasteiger partial charge >= 0.3 is 11.9 Å². The highest BCUT2D eigenvalue weighted by molar-refractivity contribution is 5.94. The van der Waals surface area contributed by atoms with Crippen molar-refractivity contribution in [3.8, 4) is 5.75 Å². The maximum Gasteiger partial charge on any atom is 0.326 e. The molecule has 14 N–H and O–H groups in total. The molecule has 0 spiro atoms. The van der Waals surface area contributed by atoms with Gasteiger partial charge in [0.05, 0.1) is 6.04 Å². The number of hydrogen-bond donors (Lipinski definition) is 10. The molecule has 4 amide bonds. The molecule has 0 saturated heterocycles. The summed E-state index contributed by atoms with van der Waals surface area (Å²) in [6.07, 6.45) is -1.18. The number of carbonyl (C=O) groups excluding carboxylic acids is 4. The lowest BCUT2D eigenvalue weighted by molar-refractivity contribution is -0.143. The zero-order valence-electron chi connectivity index (χ0n) is 22.8. The molecule has 1 aromatic carbocycles. The summed E-state index contributed by atoms with van der Waals surface area (Å²) in [5.41, 5.74) is 22.1. The van der Waals surface area contributed by atoms with Crippen LogP contribution >= 0.6 is 0 Å². The number of aliphatic carboxylic acids is 2. The third kappa shape index (κ3) is 13.9. The Morgan fingerprint density at radius 2 is 1.33 bits per heavy atom. The SMILES string of the molecule is NC(=O)CCC(N)C(=O)NC(Cc1ccc(O)cc1)C(=O)NC(CCCN=C(N)N)C(=O)NC(CCC(=O)O)C(=O)O. The van der Waals surface area contributed by atoms with E-state index in [9.17, 15) is 39.0 Å². The van der Waals surface area contributed by atoms with Crippen LogP contribution in [0.2, 0.25) is 0 Å². The topological polar surface area (TPSA) is 316 Å². The Morgan fingerprint density at radius 3 is 1.88 bits per heavy atom. The largest absolute Gasteiger partial charge is 0.508 e. The first-order valence-electron chi connectivity index (χ1n) is 12.9. The van der Waals surface area contributed by atoms with Crippen LogP contribution in [0.1, 0.15) is 44.1 Å². The van der Waals surface area contributed by atoms with Gasteiger partial charge in [0.25, 0.3) is 0 Å². The number of carbonyl (C=O) groups is 6. The summed E-state index contributed by atoms with van der Waals surface area (Å²) < 4.78 is 0. The molecule has 0 aromatic heterocycles. The second kappa shape index (κ2) is 17.7. The van der Waals surface area contributed by atoms with Crippen LogP contribution in [-0.2, 0) is 35.2 Å². The number of nitrogens with two attached hydrogens (primary N) is 4. The zero-order valence-corrected chi connectivity index (χ0v) is 22.8. The fourth-order valence-corrected chi connectivity index (χ4v) is 3.63. The predicted molar refractivity (Wildman–Crippen MR) is 148 cm³/mol. The lowest BCUT2D eigenvalue weighted by Crippen LogP contribution is -2.57. The number of rotatable bonds is 19. The van der Waals surface area contributed by atoms with Gasteiger partial charge in [0.1, 0.15) is 23.9 Å². The Kier molecular flexibility index (Phi) is 14.8. The Balaban J connectivity index is 3.19. The summed E-state index contributed by atoms with van der Waals surface area (Å²) >= 11 is 0. The van der Waals surface area contributed by atoms with Gasteiger partial charge in [-0.05, 0) is 43.4 Å². The molecule has 42 heavy (non-hydrogen) atoms. The Labute approximate surface area is 241 Å². The van der Waals surface area contributed by atoms with Crippen LogP contribution in [0, 0.1) is 0 Å². The van der Waals surface area contributed by atoms with Crippen LogP contribution in [0.25, 0.3) is 0 Å². The van der Waals surface area contributed by atoms with Crippen molar-refractivity contribution >= 4 is 41.5 Å². The van der Waals surface area contributed by atoms with E-state index in [4.69, 9.17) is 28.0 Å². The number of carboxylic acids is 2. The van der Waals surface area contributed by atoms with Crippen LogP contribution in [0.5, 0.6) is 5.75 Å². The number of aromatic hydroxyl groups is 1. The summed E-state index contributed by atoms with van der Waals surface area (Å²) in [6.45, 7) is 0.0751. The van der Waals surface area contributed by atoms with E-state index < -0.39 is 72.6 Å². The van der Waals surface area contributed by atoms with Gasteiger partial charge in [0.15, 0.2) is 5.96 Å². The number of aliphatic imine (C=N–C) groups is 1. The number of phenolic OH excluding ortho intramolecular Hbond substituents is 1. The first-order chi connectivity index (χ1) is 19.7. The van der Waals surface area contributed by atoms with Gasteiger partial charge in [-0.3, -0.25) is 29.0 Å². The highest BCUT2D eigenvalue weighted by Gasteiger charge is 2.30. The first kappa shape index (κ1) is 35.1. The molecule has 0 fully saturated rings. The van der Waals surface area contributed by atoms with Crippen molar-refractivity contribution in [3.63, 3.8) is 0 Å². The fraction of sp³-hybridized carbons (Fsp3) is 0.480. The Hall–Kier alpha value is -4.93. The number of carboxylic acid groups (broad SMARTS) is 2. The van der Waals surface area contributed by atoms with Crippen molar-refractivity contribution in [3.05, 3.63) is 29.8 Å². The Bertz CT molecular complexity index is 1140. The quantitative estimate of drug-likeness (QED) is 0.0435. The lowest BCUT2D eigenvalue weighted by atomic mass is 10.0. The average Bonchev–Trinajstić information content (AvgIpc) is 2.91. The van der Waals surface area contributed by atoms with E-state index in [1.54, 1.807) is 0 Å². The maximum atomic E-state index is 13.4. The normalized spacial score (nSPS) is 13.5. The van der Waals surface area contributed by atoms with E-state index in [1.165, 1.54) is 24.3 Å². The van der Waals surface area contributed by atoms with Gasteiger partial charge in [0.2, 0.25) is 23.6 Å². The Morgan fingerprint density at radius 1 is 0.762 bits per heavy atom. The summed E-state index contributed by atoms with van der Waals surface area (Å²) in [5, 5.41) is 35.1. The number of nitrogens with one attached hydrogen (secondary N) is 3. The maximum absolute atomic E-state index is 13.4. The minimum absolute atomic E-state index is 0.0364. The van der Waals surface area contributed by atoms with Crippen LogP contribution in [0.3, 0.4) is 0 Å². The first-order valence-corrected chi connectivity index (χ1v) is 12.9. The number of hydrogen-bond acceptors (Lipinski definition) is 9. The second-order valence-corrected chi connectivity index (χ2v) is 9.39. The monoisotopic (exact) mass is 594 g/mol. The van der Waals surface area contributed by atoms with Crippen LogP contribution in [-0.4, -0.2) is 87.6 Å². The third-order valence-corrected chi connectivity index (χ3v) is 5.89. The molecule has 17 heteroatoms. The molecule has 4 unspecified atom stereocenters. The van der Waals surface area contributed by atoms with Crippen LogP contribution < -0.4 is 38.9 Å². The van der Waals surface area contributed by atoms with Gasteiger partial charge in [-0.25, -0.2) is 4.79 Å². The van der Waals surface area contributed by atoms with Crippen LogP contribution in [0.4, 0.5) is 0 Å². The fourth-order valence-electron chi connectivity index (χ4n) is 3.63. The number of phenols is 1. The van der Waals surface area contributed by atoms with Gasteiger partial charge < -0.3 is 54.2 Å². The molecule has 1 rings (SSSR count). The molecule has 0 aliphatic carbocycles. The van der Waals surface area contributed by atoms with Crippen molar-refractivity contribution in [2.45, 2.75) is 69.1 Å². The molecule has 0 aliphatic heterocycles. The summed E-state index contributed by atoms with van der Waals surface area (Å²) in [5.74, 6) is -6.18. The standard InChI is InChI=1S/C25H38N8O9/c26-15(7-9-19(27)35)21(38)33-18(12-13-3-5-14(34)6-4-13)23(40)31-16(2-1-11-30-25(28)29)22(39)32-17(24(41)42)8-10-20(36)37/h3-6,15-18,34H,1-2,7-12,26H2,(H2,27,35)(H,31,40)(H,32,39)(H,33,38)(H,36,37)(H,41,42)(H4,28,29,30). The molecule has 17 nitrogen and oxygen atoms in total. The third-order valence-electron chi connectivity index (χ3n) is 5.89. The minimum atomic E-state index is -1.55. The van der Waals surface area contributed by atoms with Crippen LogP contribution in [0.15, 0.2) is 29.3 Å². The van der Waals surface area contributed by atoms with E-state index in [-0.39, 0.29) is 50.4 Å². The van der Waals surface area contributed by atoms with Gasteiger partial charge in [-0.1, -0.05) is 12.1 Å². The van der Waals surface area contributed by atoms with E-state index in [0.29, 0.717) is 5.56 Å². The van der Waals surface area contributed by atoms with Crippen molar-refractivity contribution in [2.24, 2.45) is 27.9 Å². The van der Waals surface area contributed by atoms with E-state index in [0.717, 1.165) is 0 Å². The highest BCUT2D eigenvalue weighted by atomic mass is 16.4. The summed E-state index contributed by atoms with van der Waals surface area (Å²) in [6, 6.07) is 0.389. The minimum Gasteiger partial charge on any atom is -0.508 e. The lowest BCUT2D eigenvalue weighted by Gasteiger charge is -2.25. The van der Waals surface area contributed by atoms with E-state index in [1.807, 2.05) is 0 Å². The number of primary amides is 1. The van der Waals surface area contributed by atoms with Crippen molar-refractivity contribution in [2.75, 3.05) is 6.54 Å². The molecule has 1 aromatic rings. The molecule has 232 valence electrons. The smallest absolute Gasteiger partial charge is 0.326 e. The van der Waals surface area contributed by atoms with Gasteiger partial charge in [0, 0.05) is 25.8 Å². The van der Waals surface area contributed by atoms with Crippen molar-refractivity contribution < 1.29 is 44.1 Å².